The molecule has 1 aliphatic heterocycles. The van der Waals surface area contributed by atoms with E-state index in [4.69, 9.17) is 0 Å². The second-order valence-corrected chi connectivity index (χ2v) is 6.51. The van der Waals surface area contributed by atoms with Crippen LogP contribution in [0.1, 0.15) is 33.6 Å². The van der Waals surface area contributed by atoms with Crippen molar-refractivity contribution in [3.8, 4) is 5.75 Å². The van der Waals surface area contributed by atoms with Crippen LogP contribution in [0.2, 0.25) is 0 Å². The third-order valence-corrected chi connectivity index (χ3v) is 4.53. The topological polar surface area (TPSA) is 46.6 Å². The Kier molecular flexibility index (Phi) is 5.67. The maximum Gasteiger partial charge on any atom is 0.573 e. The Labute approximate surface area is 158 Å². The number of hydrogen-bond donors (Lipinski definition) is 0. The molecule has 1 fully saturated rings. The van der Waals surface area contributed by atoms with Crippen molar-refractivity contribution < 1.29 is 31.9 Å². The molecule has 0 spiro atoms. The van der Waals surface area contributed by atoms with Crippen LogP contribution in [0.3, 0.4) is 0 Å². The quantitative estimate of drug-likeness (QED) is 0.567. The van der Waals surface area contributed by atoms with Crippen molar-refractivity contribution in [2.75, 3.05) is 13.1 Å². The Bertz CT molecular complexity index is 882. The Morgan fingerprint density at radius 1 is 1.07 bits per heavy atom. The maximum atomic E-state index is 13.4. The van der Waals surface area contributed by atoms with E-state index in [-0.39, 0.29) is 17.7 Å². The lowest BCUT2D eigenvalue weighted by Crippen LogP contribution is -2.42. The molecule has 2 aromatic carbocycles. The van der Waals surface area contributed by atoms with Gasteiger partial charge in [-0.3, -0.25) is 9.59 Å². The molecule has 1 atom stereocenters. The first-order chi connectivity index (χ1) is 13.2. The molecular formula is C20H17F4NO3. The van der Waals surface area contributed by atoms with Gasteiger partial charge in [-0.05, 0) is 43.2 Å². The number of nitrogens with zero attached hydrogens (tertiary/aromatic N) is 1. The summed E-state index contributed by atoms with van der Waals surface area (Å²) in [5.74, 6) is -2.71. The molecule has 2 aromatic rings. The number of likely N-dealkylation sites (tertiary alicyclic amines) is 1. The van der Waals surface area contributed by atoms with Crippen LogP contribution in [0, 0.1) is 11.7 Å². The van der Waals surface area contributed by atoms with Crippen LogP contribution >= 0.6 is 0 Å². The van der Waals surface area contributed by atoms with Crippen molar-refractivity contribution in [3.63, 3.8) is 0 Å². The smallest absolute Gasteiger partial charge is 0.405 e. The fourth-order valence-corrected chi connectivity index (χ4v) is 3.28. The highest BCUT2D eigenvalue weighted by molar-refractivity contribution is 6.01. The summed E-state index contributed by atoms with van der Waals surface area (Å²) in [6.45, 7) is 0.439. The van der Waals surface area contributed by atoms with Gasteiger partial charge in [-0.15, -0.1) is 13.2 Å². The molecule has 1 aliphatic rings. The van der Waals surface area contributed by atoms with Crippen molar-refractivity contribution in [2.45, 2.75) is 19.2 Å². The number of amides is 1. The largest absolute Gasteiger partial charge is 0.573 e. The van der Waals surface area contributed by atoms with Crippen LogP contribution in [0.5, 0.6) is 5.75 Å². The average molecular weight is 395 g/mol. The molecule has 0 saturated carbocycles. The number of para-hydroxylation sites is 1. The van der Waals surface area contributed by atoms with Gasteiger partial charge in [0.25, 0.3) is 5.91 Å². The van der Waals surface area contributed by atoms with Crippen molar-refractivity contribution >= 4 is 11.7 Å². The van der Waals surface area contributed by atoms with E-state index in [2.05, 4.69) is 4.74 Å². The van der Waals surface area contributed by atoms with Gasteiger partial charge in [0.2, 0.25) is 0 Å². The van der Waals surface area contributed by atoms with Crippen LogP contribution < -0.4 is 4.74 Å². The molecule has 28 heavy (non-hydrogen) atoms. The molecule has 1 heterocycles. The van der Waals surface area contributed by atoms with Gasteiger partial charge in [0, 0.05) is 24.6 Å². The number of ketones is 1. The summed E-state index contributed by atoms with van der Waals surface area (Å²) in [7, 11) is 0. The average Bonchev–Trinajstić information content (AvgIpc) is 2.66. The first-order valence-corrected chi connectivity index (χ1v) is 8.68. The summed E-state index contributed by atoms with van der Waals surface area (Å²) in [5, 5.41) is 0. The molecule has 3 rings (SSSR count). The van der Waals surface area contributed by atoms with Gasteiger partial charge in [-0.2, -0.15) is 0 Å². The van der Waals surface area contributed by atoms with Crippen LogP contribution in [0.4, 0.5) is 17.6 Å². The van der Waals surface area contributed by atoms with Gasteiger partial charge in [0.1, 0.15) is 11.6 Å². The van der Waals surface area contributed by atoms with Gasteiger partial charge in [0.05, 0.1) is 5.56 Å². The van der Waals surface area contributed by atoms with E-state index < -0.39 is 35.5 Å². The molecule has 0 radical (unpaired) electrons. The highest BCUT2D eigenvalue weighted by atomic mass is 19.4. The SMILES string of the molecule is O=C(c1ccccc1OC(F)(F)F)C1CCCN(C(=O)c2cccc(F)c2)C1. The fourth-order valence-electron chi connectivity index (χ4n) is 3.28. The molecule has 148 valence electrons. The van der Waals surface area contributed by atoms with E-state index in [1.165, 1.54) is 41.3 Å². The molecule has 0 bridgehead atoms. The normalized spacial score (nSPS) is 17.3. The molecule has 1 unspecified atom stereocenters. The molecule has 4 nitrogen and oxygen atoms in total. The summed E-state index contributed by atoms with van der Waals surface area (Å²) in [6, 6.07) is 10.4. The van der Waals surface area contributed by atoms with Crippen LogP contribution in [-0.2, 0) is 0 Å². The third kappa shape index (κ3) is 4.68. The predicted molar refractivity (Wildman–Crippen MR) is 92.5 cm³/mol. The Morgan fingerprint density at radius 2 is 1.82 bits per heavy atom. The molecule has 0 N–H and O–H groups in total. The predicted octanol–water partition coefficient (Wildman–Crippen LogP) is 4.46. The number of halogens is 4. The minimum absolute atomic E-state index is 0.0501. The van der Waals surface area contributed by atoms with Crippen LogP contribution in [-0.4, -0.2) is 36.0 Å². The third-order valence-electron chi connectivity index (χ3n) is 4.53. The molecule has 1 saturated heterocycles. The maximum absolute atomic E-state index is 13.4. The minimum atomic E-state index is -4.91. The summed E-state index contributed by atoms with van der Waals surface area (Å²) in [6.07, 6.45) is -3.96. The lowest BCUT2D eigenvalue weighted by molar-refractivity contribution is -0.274. The van der Waals surface area contributed by atoms with Gasteiger partial charge >= 0.3 is 6.36 Å². The minimum Gasteiger partial charge on any atom is -0.405 e. The van der Waals surface area contributed by atoms with E-state index in [1.54, 1.807) is 0 Å². The summed E-state index contributed by atoms with van der Waals surface area (Å²) < 4.78 is 55.1. The van der Waals surface area contributed by atoms with E-state index in [0.29, 0.717) is 19.4 Å². The van der Waals surface area contributed by atoms with Gasteiger partial charge in [0.15, 0.2) is 5.78 Å². The molecule has 8 heteroatoms. The summed E-state index contributed by atoms with van der Waals surface area (Å²) >= 11 is 0. The summed E-state index contributed by atoms with van der Waals surface area (Å²) in [5.41, 5.74) is -0.0150. The Hall–Kier alpha value is -2.90. The van der Waals surface area contributed by atoms with E-state index in [1.807, 2.05) is 0 Å². The van der Waals surface area contributed by atoms with Crippen LogP contribution in [0.15, 0.2) is 48.5 Å². The highest BCUT2D eigenvalue weighted by Crippen LogP contribution is 2.30. The number of benzene rings is 2. The van der Waals surface area contributed by atoms with Crippen molar-refractivity contribution in [2.24, 2.45) is 5.92 Å². The molecular weight excluding hydrogens is 378 g/mol. The summed E-state index contributed by atoms with van der Waals surface area (Å²) in [4.78, 5) is 26.8. The van der Waals surface area contributed by atoms with E-state index >= 15 is 0 Å². The van der Waals surface area contributed by atoms with Gasteiger partial charge < -0.3 is 9.64 Å². The standard InChI is InChI=1S/C20H17F4NO3/c21-15-7-3-5-13(11-15)19(27)25-10-4-6-14(12-25)18(26)16-8-1-2-9-17(16)28-20(22,23)24/h1-3,5,7-9,11,14H,4,6,10,12H2. The van der Waals surface area contributed by atoms with Crippen molar-refractivity contribution in [1.29, 1.82) is 0 Å². The zero-order valence-electron chi connectivity index (χ0n) is 14.7. The molecule has 0 aromatic heterocycles. The zero-order chi connectivity index (χ0) is 20.3. The monoisotopic (exact) mass is 395 g/mol. The second kappa shape index (κ2) is 8.00. The number of alkyl halides is 3. The number of carbonyl (C=O) groups is 2. The molecule has 1 amide bonds. The van der Waals surface area contributed by atoms with Gasteiger partial charge in [-0.25, -0.2) is 4.39 Å². The van der Waals surface area contributed by atoms with E-state index in [0.717, 1.165) is 12.1 Å². The second-order valence-electron chi connectivity index (χ2n) is 6.51. The van der Waals surface area contributed by atoms with Crippen LogP contribution in [0.25, 0.3) is 0 Å². The Balaban J connectivity index is 1.78. The van der Waals surface area contributed by atoms with Gasteiger partial charge in [-0.1, -0.05) is 18.2 Å². The number of carbonyl (C=O) groups excluding carboxylic acids is 2. The zero-order valence-corrected chi connectivity index (χ0v) is 14.7. The number of hydrogen-bond acceptors (Lipinski definition) is 3. The lowest BCUT2D eigenvalue weighted by Gasteiger charge is -2.32. The van der Waals surface area contributed by atoms with Crippen molar-refractivity contribution in [1.82, 2.24) is 4.90 Å². The van der Waals surface area contributed by atoms with E-state index in [9.17, 15) is 27.2 Å². The first kappa shape index (κ1) is 19.9. The number of ether oxygens (including phenoxy) is 1. The number of rotatable bonds is 4. The first-order valence-electron chi connectivity index (χ1n) is 8.68. The number of Topliss-reactive ketones (excluding diaryl/α,β-unsaturated/α-hetero) is 1. The van der Waals surface area contributed by atoms with Crippen molar-refractivity contribution in [3.05, 3.63) is 65.5 Å². The fraction of sp³-hybridized carbons (Fsp3) is 0.300. The molecule has 0 aliphatic carbocycles. The lowest BCUT2D eigenvalue weighted by atomic mass is 9.89. The Morgan fingerprint density at radius 3 is 2.54 bits per heavy atom. The highest BCUT2D eigenvalue weighted by Gasteiger charge is 2.35. The number of piperidine rings is 1.